The number of benzene rings is 2. The zero-order chi connectivity index (χ0) is 23.7. The van der Waals surface area contributed by atoms with Crippen molar-refractivity contribution in [2.45, 2.75) is 51.1 Å². The fourth-order valence-electron chi connectivity index (χ4n) is 3.89. The van der Waals surface area contributed by atoms with E-state index in [9.17, 15) is 0 Å². The molecule has 2 aliphatic rings. The van der Waals surface area contributed by atoms with Gasteiger partial charge in [-0.25, -0.2) is 0 Å². The minimum Gasteiger partial charge on any atom is -0.465 e. The maximum atomic E-state index is 5.88. The highest BCUT2D eigenvalue weighted by atomic mass is 32.1. The summed E-state index contributed by atoms with van der Waals surface area (Å²) in [6, 6.07) is 19.7. The molecule has 2 atom stereocenters. The van der Waals surface area contributed by atoms with Crippen molar-refractivity contribution in [2.24, 2.45) is 0 Å². The molecule has 3 heterocycles. The maximum Gasteiger partial charge on any atom is 0.199 e. The number of hydrogen-bond donors (Lipinski definition) is 0. The van der Waals surface area contributed by atoms with Gasteiger partial charge in [-0.15, -0.1) is 11.3 Å². The van der Waals surface area contributed by atoms with Gasteiger partial charge in [0.25, 0.3) is 0 Å². The summed E-state index contributed by atoms with van der Waals surface area (Å²) >= 11 is 1.59. The van der Waals surface area contributed by atoms with Crippen molar-refractivity contribution in [2.75, 3.05) is 13.2 Å². The summed E-state index contributed by atoms with van der Waals surface area (Å²) < 4.78 is 23.0. The van der Waals surface area contributed by atoms with Gasteiger partial charge in [0.2, 0.25) is 0 Å². The Bertz CT molecular complexity index is 1110. The Morgan fingerprint density at radius 2 is 1.03 bits per heavy atom. The maximum absolute atomic E-state index is 5.88. The lowest BCUT2D eigenvalue weighted by atomic mass is 10.2. The van der Waals surface area contributed by atoms with Crippen molar-refractivity contribution in [3.05, 3.63) is 81.5 Å². The number of hydrogen-bond acceptors (Lipinski definition) is 5. The largest absolute Gasteiger partial charge is 0.465 e. The van der Waals surface area contributed by atoms with Gasteiger partial charge in [-0.1, -0.05) is 23.7 Å². The van der Waals surface area contributed by atoms with Crippen molar-refractivity contribution in [1.29, 1.82) is 0 Å². The molecule has 35 heavy (non-hydrogen) atoms. The van der Waals surface area contributed by atoms with E-state index >= 15 is 0 Å². The van der Waals surface area contributed by atoms with Crippen LogP contribution < -0.4 is 9.47 Å². The first-order chi connectivity index (χ1) is 17.3. The van der Waals surface area contributed by atoms with E-state index in [-0.39, 0.29) is 12.6 Å². The molecule has 2 aliphatic heterocycles. The molecule has 0 aliphatic carbocycles. The van der Waals surface area contributed by atoms with Crippen molar-refractivity contribution >= 4 is 11.3 Å². The van der Waals surface area contributed by atoms with Gasteiger partial charge in [0, 0.05) is 24.0 Å². The van der Waals surface area contributed by atoms with Gasteiger partial charge in [-0.05, 0) is 86.3 Å². The molecule has 2 saturated heterocycles. The van der Waals surface area contributed by atoms with Gasteiger partial charge in [-0.2, -0.15) is 0 Å². The first kappa shape index (κ1) is 23.5. The highest BCUT2D eigenvalue weighted by Gasteiger charge is 2.15. The Morgan fingerprint density at radius 3 is 1.43 bits per heavy atom. The van der Waals surface area contributed by atoms with Crippen LogP contribution in [-0.2, 0) is 9.47 Å². The lowest BCUT2D eigenvalue weighted by Crippen LogP contribution is -2.24. The topological polar surface area (TPSA) is 36.9 Å². The van der Waals surface area contributed by atoms with E-state index in [4.69, 9.17) is 18.9 Å². The third-order valence-corrected chi connectivity index (χ3v) is 6.70. The van der Waals surface area contributed by atoms with Crippen LogP contribution in [0.5, 0.6) is 11.5 Å². The molecule has 0 saturated carbocycles. The minimum absolute atomic E-state index is 0.131. The molecule has 178 valence electrons. The molecular weight excluding hydrogens is 456 g/mol. The van der Waals surface area contributed by atoms with Crippen LogP contribution in [-0.4, -0.2) is 25.8 Å². The van der Waals surface area contributed by atoms with E-state index < -0.39 is 0 Å². The fraction of sp³-hybridized carbons (Fsp3) is 0.333. The van der Waals surface area contributed by atoms with Crippen LogP contribution in [0.2, 0.25) is 0 Å². The van der Waals surface area contributed by atoms with Crippen LogP contribution >= 0.6 is 11.3 Å². The normalized spacial score (nSPS) is 19.5. The smallest absolute Gasteiger partial charge is 0.199 e. The van der Waals surface area contributed by atoms with Crippen LogP contribution in [0.4, 0.5) is 0 Å². The molecule has 0 radical (unpaired) electrons. The molecule has 0 N–H and O–H groups in total. The zero-order valence-corrected chi connectivity index (χ0v) is 20.4. The van der Waals surface area contributed by atoms with Crippen molar-refractivity contribution < 1.29 is 18.9 Å². The monoisotopic (exact) mass is 484 g/mol. The number of thiophene rings is 1. The van der Waals surface area contributed by atoms with E-state index in [1.807, 2.05) is 60.7 Å². The molecule has 1 aromatic heterocycles. The zero-order valence-electron chi connectivity index (χ0n) is 19.6. The molecule has 2 fully saturated rings. The average molecular weight is 485 g/mol. The van der Waals surface area contributed by atoms with E-state index in [2.05, 4.69) is 23.7 Å². The fourth-order valence-corrected chi connectivity index (χ4v) is 4.60. The first-order valence-corrected chi connectivity index (χ1v) is 13.0. The summed E-state index contributed by atoms with van der Waals surface area (Å²) in [5.74, 6) is 14.5. The summed E-state index contributed by atoms with van der Waals surface area (Å²) in [6.45, 7) is 1.55. The van der Waals surface area contributed by atoms with Crippen LogP contribution in [0.1, 0.15) is 59.4 Å². The third-order valence-electron chi connectivity index (χ3n) is 5.79. The van der Waals surface area contributed by atoms with E-state index in [0.717, 1.165) is 84.1 Å². The highest BCUT2D eigenvalue weighted by molar-refractivity contribution is 7.13. The Hall–Kier alpha value is -3.22. The van der Waals surface area contributed by atoms with Gasteiger partial charge < -0.3 is 18.9 Å². The summed E-state index contributed by atoms with van der Waals surface area (Å²) in [4.78, 5) is 1.97. The number of ether oxygens (including phenoxy) is 4. The number of rotatable bonds is 4. The predicted molar refractivity (Wildman–Crippen MR) is 138 cm³/mol. The van der Waals surface area contributed by atoms with Crippen molar-refractivity contribution in [3.63, 3.8) is 0 Å². The Morgan fingerprint density at radius 1 is 0.571 bits per heavy atom. The Kier molecular flexibility index (Phi) is 8.03. The average Bonchev–Trinajstić information content (AvgIpc) is 3.37. The molecule has 0 spiro atoms. The molecule has 2 aromatic carbocycles. The van der Waals surface area contributed by atoms with Gasteiger partial charge in [0.15, 0.2) is 12.6 Å². The summed E-state index contributed by atoms with van der Waals surface area (Å²) in [6.07, 6.45) is 6.16. The highest BCUT2D eigenvalue weighted by Crippen LogP contribution is 2.21. The van der Waals surface area contributed by atoms with Crippen LogP contribution in [0.25, 0.3) is 0 Å². The van der Waals surface area contributed by atoms with Crippen LogP contribution in [0.15, 0.2) is 60.7 Å². The third kappa shape index (κ3) is 7.13. The van der Waals surface area contributed by atoms with Crippen molar-refractivity contribution in [3.8, 4) is 35.2 Å². The molecule has 3 aromatic rings. The summed E-state index contributed by atoms with van der Waals surface area (Å²) in [5, 5.41) is 0. The quantitative estimate of drug-likeness (QED) is 0.404. The van der Waals surface area contributed by atoms with E-state index in [0.29, 0.717) is 0 Å². The lowest BCUT2D eigenvalue weighted by Gasteiger charge is -2.23. The van der Waals surface area contributed by atoms with Gasteiger partial charge in [-0.3, -0.25) is 0 Å². The van der Waals surface area contributed by atoms with E-state index in [1.165, 1.54) is 0 Å². The summed E-state index contributed by atoms with van der Waals surface area (Å²) in [5.41, 5.74) is 1.90. The SMILES string of the molecule is C(#Cc1ccc(C#Cc2ccc(OC3CCCCO3)cc2)s1)c1ccc(OC2CCCCO2)cc1. The molecule has 5 rings (SSSR count). The molecule has 0 amide bonds. The van der Waals surface area contributed by atoms with Gasteiger partial charge in [0.05, 0.1) is 23.0 Å². The molecule has 4 nitrogen and oxygen atoms in total. The standard InChI is InChI=1S/C30H28O4S/c1-3-21-31-29(5-1)33-25-13-7-23(8-14-25)11-17-27-19-20-28(35-27)18-12-24-9-15-26(16-10-24)34-30-6-2-4-22-32-30/h7-10,13-16,19-20,29-30H,1-6,21-22H2. The molecular formula is C30H28O4S. The lowest BCUT2D eigenvalue weighted by molar-refractivity contribution is -0.106. The van der Waals surface area contributed by atoms with Crippen molar-refractivity contribution in [1.82, 2.24) is 0 Å². The second-order valence-corrected chi connectivity index (χ2v) is 9.62. The Balaban J connectivity index is 1.15. The molecule has 2 unspecified atom stereocenters. The Labute approximate surface area is 211 Å². The minimum atomic E-state index is -0.131. The molecule has 5 heteroatoms. The van der Waals surface area contributed by atoms with E-state index in [1.54, 1.807) is 11.3 Å². The van der Waals surface area contributed by atoms with Crippen LogP contribution in [0, 0.1) is 23.7 Å². The molecule has 0 bridgehead atoms. The van der Waals surface area contributed by atoms with Gasteiger partial charge in [0.1, 0.15) is 11.5 Å². The second kappa shape index (κ2) is 12.0. The van der Waals surface area contributed by atoms with Gasteiger partial charge >= 0.3 is 0 Å². The first-order valence-electron chi connectivity index (χ1n) is 12.2. The predicted octanol–water partition coefficient (Wildman–Crippen LogP) is 6.36. The second-order valence-electron chi connectivity index (χ2n) is 8.54. The van der Waals surface area contributed by atoms with Crippen LogP contribution in [0.3, 0.4) is 0 Å². The summed E-state index contributed by atoms with van der Waals surface area (Å²) in [7, 11) is 0.